The number of rotatable bonds is 3. The van der Waals surface area contributed by atoms with Crippen LogP contribution in [-0.2, 0) is 11.3 Å². The number of carbonyl (C=O) groups excluding carboxylic acids is 1. The van der Waals surface area contributed by atoms with E-state index >= 15 is 0 Å². The molecule has 4 nitrogen and oxygen atoms in total. The molecule has 0 aliphatic rings. The van der Waals surface area contributed by atoms with Crippen LogP contribution in [0.2, 0.25) is 0 Å². The third-order valence-electron chi connectivity index (χ3n) is 1.00. The van der Waals surface area contributed by atoms with Crippen LogP contribution in [0.3, 0.4) is 0 Å². The number of nitriles is 1. The Morgan fingerprint density at radius 1 is 1.67 bits per heavy atom. The summed E-state index contributed by atoms with van der Waals surface area (Å²) in [5.74, 6) is 0.833. The molecule has 1 amide bonds. The highest BCUT2D eigenvalue weighted by molar-refractivity contribution is 7.09. The summed E-state index contributed by atoms with van der Waals surface area (Å²) in [6.07, 6.45) is 0.605. The van der Waals surface area contributed by atoms with E-state index in [1.165, 1.54) is 11.3 Å². The quantitative estimate of drug-likeness (QED) is 0.799. The number of hydrogen-bond acceptors (Lipinski definition) is 4. The van der Waals surface area contributed by atoms with Crippen LogP contribution in [-0.4, -0.2) is 11.4 Å². The van der Waals surface area contributed by atoms with Crippen molar-refractivity contribution < 1.29 is 4.79 Å². The Morgan fingerprint density at radius 2 is 2.27 bits per heavy atom. The van der Waals surface area contributed by atoms with Crippen molar-refractivity contribution in [1.82, 2.24) is 10.3 Å². The van der Waals surface area contributed by atoms with Gasteiger partial charge >= 0.3 is 0 Å². The van der Waals surface area contributed by atoms with Crippen LogP contribution in [0.25, 0.3) is 0 Å². The van der Waals surface area contributed by atoms with Crippen molar-refractivity contribution in [2.24, 2.45) is 5.92 Å². The molecule has 15 heavy (non-hydrogen) atoms. The van der Waals surface area contributed by atoms with Gasteiger partial charge in [0.2, 0.25) is 6.41 Å². The third kappa shape index (κ3) is 7.65. The number of carbonyl (C=O) groups is 1. The van der Waals surface area contributed by atoms with Gasteiger partial charge in [0.25, 0.3) is 0 Å². The van der Waals surface area contributed by atoms with Crippen LogP contribution in [0, 0.1) is 17.2 Å². The van der Waals surface area contributed by atoms with Crippen molar-refractivity contribution in [2.75, 3.05) is 0 Å². The van der Waals surface area contributed by atoms with Gasteiger partial charge in [0.15, 0.2) is 5.69 Å². The molecule has 0 fully saturated rings. The van der Waals surface area contributed by atoms with Gasteiger partial charge in [0, 0.05) is 5.38 Å². The average molecular weight is 225 g/mol. The van der Waals surface area contributed by atoms with E-state index in [4.69, 9.17) is 5.26 Å². The maximum atomic E-state index is 9.86. The van der Waals surface area contributed by atoms with E-state index < -0.39 is 0 Å². The summed E-state index contributed by atoms with van der Waals surface area (Å²) in [6, 6.07) is 1.91. The molecule has 0 spiro atoms. The number of aromatic nitrogens is 1. The minimum atomic E-state index is 0.399. The highest BCUT2D eigenvalue weighted by atomic mass is 32.1. The topological polar surface area (TPSA) is 65.8 Å². The fourth-order valence-corrected chi connectivity index (χ4v) is 1.24. The van der Waals surface area contributed by atoms with Crippen LogP contribution >= 0.6 is 11.3 Å². The van der Waals surface area contributed by atoms with E-state index in [2.05, 4.69) is 31.1 Å². The van der Waals surface area contributed by atoms with Crippen molar-refractivity contribution >= 4 is 17.7 Å². The van der Waals surface area contributed by atoms with Crippen LogP contribution in [0.1, 0.15) is 31.5 Å². The number of thiazole rings is 1. The van der Waals surface area contributed by atoms with Crippen molar-refractivity contribution in [3.05, 3.63) is 16.1 Å². The Morgan fingerprint density at radius 3 is 2.67 bits per heavy atom. The molecular formula is C10H15N3OS. The molecule has 1 aromatic heterocycles. The van der Waals surface area contributed by atoms with E-state index in [1.54, 1.807) is 5.38 Å². The second kappa shape index (κ2) is 7.94. The molecule has 0 atom stereocenters. The highest BCUT2D eigenvalue weighted by Crippen LogP contribution is 2.07. The summed E-state index contributed by atoms with van der Waals surface area (Å²) in [6.45, 7) is 6.90. The van der Waals surface area contributed by atoms with Gasteiger partial charge in [-0.05, 0) is 5.92 Å². The van der Waals surface area contributed by atoms with E-state index in [1.807, 2.05) is 6.07 Å². The summed E-state index contributed by atoms with van der Waals surface area (Å²) >= 11 is 1.36. The molecule has 0 unspecified atom stereocenters. The standard InChI is InChI=1S/C6H5N3OS.C4H10/c7-1-5-3-11-6(9-5)2-8-4-10;1-4(2)3/h3-4H,2H2,(H,8,10);4H,1-3H3. The van der Waals surface area contributed by atoms with Gasteiger partial charge in [-0.2, -0.15) is 5.26 Å². The SMILES string of the molecule is CC(C)C.N#Cc1csc(CNC=O)n1. The second-order valence-corrected chi connectivity index (χ2v) is 4.41. The van der Waals surface area contributed by atoms with Crippen molar-refractivity contribution in [3.8, 4) is 6.07 Å². The number of nitrogens with one attached hydrogen (secondary N) is 1. The smallest absolute Gasteiger partial charge is 0.207 e. The molecule has 0 aliphatic carbocycles. The molecule has 0 saturated carbocycles. The number of amides is 1. The lowest BCUT2D eigenvalue weighted by atomic mass is 10.3. The van der Waals surface area contributed by atoms with Gasteiger partial charge in [-0.3, -0.25) is 4.79 Å². The predicted molar refractivity (Wildman–Crippen MR) is 60.2 cm³/mol. The molecule has 0 bridgehead atoms. The van der Waals surface area contributed by atoms with Gasteiger partial charge in [0.05, 0.1) is 6.54 Å². The minimum Gasteiger partial charge on any atom is -0.352 e. The summed E-state index contributed by atoms with van der Waals surface area (Å²) < 4.78 is 0. The zero-order chi connectivity index (χ0) is 11.7. The maximum Gasteiger partial charge on any atom is 0.207 e. The average Bonchev–Trinajstić information content (AvgIpc) is 2.61. The van der Waals surface area contributed by atoms with Crippen LogP contribution < -0.4 is 5.32 Å². The van der Waals surface area contributed by atoms with Gasteiger partial charge in [-0.25, -0.2) is 4.98 Å². The van der Waals surface area contributed by atoms with Crippen LogP contribution in [0.5, 0.6) is 0 Å². The normalized spacial score (nSPS) is 8.73. The van der Waals surface area contributed by atoms with E-state index in [0.717, 1.165) is 10.9 Å². The molecule has 1 rings (SSSR count). The van der Waals surface area contributed by atoms with Gasteiger partial charge in [-0.15, -0.1) is 11.3 Å². The Bertz CT molecular complexity index is 325. The maximum absolute atomic E-state index is 9.86. The predicted octanol–water partition coefficient (Wildman–Crippen LogP) is 1.92. The number of hydrogen-bond donors (Lipinski definition) is 1. The largest absolute Gasteiger partial charge is 0.352 e. The Balaban J connectivity index is 0.000000423. The van der Waals surface area contributed by atoms with Crippen LogP contribution in [0.15, 0.2) is 5.38 Å². The first-order chi connectivity index (χ1) is 7.10. The molecule has 1 N–H and O–H groups in total. The van der Waals surface area contributed by atoms with E-state index in [9.17, 15) is 4.79 Å². The zero-order valence-corrected chi connectivity index (χ0v) is 9.97. The second-order valence-electron chi connectivity index (χ2n) is 3.47. The highest BCUT2D eigenvalue weighted by Gasteiger charge is 1.98. The Hall–Kier alpha value is -1.41. The third-order valence-corrected chi connectivity index (χ3v) is 1.85. The lowest BCUT2D eigenvalue weighted by Gasteiger charge is -1.89. The molecule has 0 aliphatic heterocycles. The van der Waals surface area contributed by atoms with Crippen molar-refractivity contribution in [2.45, 2.75) is 27.3 Å². The van der Waals surface area contributed by atoms with Crippen molar-refractivity contribution in [1.29, 1.82) is 5.26 Å². The minimum absolute atomic E-state index is 0.399. The monoisotopic (exact) mass is 225 g/mol. The molecule has 1 heterocycles. The fourth-order valence-electron chi connectivity index (χ4n) is 0.572. The Kier molecular flexibility index (Phi) is 7.20. The first-order valence-corrected chi connectivity index (χ1v) is 5.49. The first-order valence-electron chi connectivity index (χ1n) is 4.61. The summed E-state index contributed by atoms with van der Waals surface area (Å²) in [5, 5.41) is 13.2. The molecule has 82 valence electrons. The van der Waals surface area contributed by atoms with Gasteiger partial charge in [-0.1, -0.05) is 20.8 Å². The lowest BCUT2D eigenvalue weighted by molar-refractivity contribution is -0.109. The molecule has 0 aromatic carbocycles. The molecule has 0 saturated heterocycles. The molecule has 1 aromatic rings. The summed E-state index contributed by atoms with van der Waals surface area (Å²) in [5.41, 5.74) is 0.401. The zero-order valence-electron chi connectivity index (χ0n) is 9.15. The van der Waals surface area contributed by atoms with Crippen molar-refractivity contribution in [3.63, 3.8) is 0 Å². The molecule has 5 heteroatoms. The van der Waals surface area contributed by atoms with Crippen LogP contribution in [0.4, 0.5) is 0 Å². The first kappa shape index (κ1) is 13.6. The van der Waals surface area contributed by atoms with E-state index in [0.29, 0.717) is 18.6 Å². The Labute approximate surface area is 94.0 Å². The van der Waals surface area contributed by atoms with Gasteiger partial charge in [0.1, 0.15) is 11.1 Å². The fraction of sp³-hybridized carbons (Fsp3) is 0.500. The molecular weight excluding hydrogens is 210 g/mol. The number of nitrogens with zero attached hydrogens (tertiary/aromatic N) is 2. The molecule has 0 radical (unpaired) electrons. The lowest BCUT2D eigenvalue weighted by Crippen LogP contribution is -2.09. The van der Waals surface area contributed by atoms with Gasteiger partial charge < -0.3 is 5.32 Å². The summed E-state index contributed by atoms with van der Waals surface area (Å²) in [7, 11) is 0. The van der Waals surface area contributed by atoms with E-state index in [-0.39, 0.29) is 0 Å². The summed E-state index contributed by atoms with van der Waals surface area (Å²) in [4.78, 5) is 13.8.